The van der Waals surface area contributed by atoms with Crippen LogP contribution in [0.25, 0.3) is 10.2 Å². The van der Waals surface area contributed by atoms with Gasteiger partial charge in [-0.1, -0.05) is 11.8 Å². The third-order valence-corrected chi connectivity index (χ3v) is 4.38. The molecule has 2 aromatic rings. The Kier molecular flexibility index (Phi) is 5.50. The zero-order chi connectivity index (χ0) is 14.5. The third-order valence-electron chi connectivity index (χ3n) is 2.55. The van der Waals surface area contributed by atoms with Crippen LogP contribution in [-0.4, -0.2) is 34.9 Å². The second-order valence-corrected chi connectivity index (χ2v) is 5.87. The van der Waals surface area contributed by atoms with Crippen LogP contribution in [0.2, 0.25) is 0 Å². The molecule has 2 rings (SSSR count). The van der Waals surface area contributed by atoms with Gasteiger partial charge in [0.25, 0.3) is 12.0 Å². The van der Waals surface area contributed by atoms with Crippen LogP contribution in [-0.2, 0) is 11.3 Å². The Morgan fingerprint density at radius 2 is 2.35 bits per heavy atom. The number of halogens is 2. The number of thioether (sulfide) groups is 1. The topological polar surface area (TPSA) is 44.1 Å². The predicted molar refractivity (Wildman–Crippen MR) is 77.1 cm³/mol. The maximum Gasteiger partial charge on any atom is 0.272 e. The Hall–Kier alpha value is -0.990. The zero-order valence-electron chi connectivity index (χ0n) is 10.8. The van der Waals surface area contributed by atoms with Crippen molar-refractivity contribution >= 4 is 33.3 Å². The van der Waals surface area contributed by atoms with Crippen LogP contribution < -0.4 is 5.56 Å². The van der Waals surface area contributed by atoms with E-state index >= 15 is 0 Å². The molecular weight excluding hydrogens is 306 g/mol. The molecular formula is C12H14F2N2O2S2. The molecule has 2 heterocycles. The van der Waals surface area contributed by atoms with Crippen LogP contribution in [0.3, 0.4) is 0 Å². The van der Waals surface area contributed by atoms with E-state index in [4.69, 9.17) is 4.74 Å². The van der Waals surface area contributed by atoms with Crippen molar-refractivity contribution in [1.82, 2.24) is 9.55 Å². The van der Waals surface area contributed by atoms with Crippen molar-refractivity contribution < 1.29 is 13.5 Å². The smallest absolute Gasteiger partial charge is 0.272 e. The van der Waals surface area contributed by atoms with Crippen molar-refractivity contribution in [1.29, 1.82) is 0 Å². The number of ether oxygens (including phenoxy) is 1. The molecule has 0 radical (unpaired) electrons. The van der Waals surface area contributed by atoms with E-state index in [1.165, 1.54) is 23.1 Å². The van der Waals surface area contributed by atoms with Crippen LogP contribution in [0.5, 0.6) is 0 Å². The van der Waals surface area contributed by atoms with Crippen LogP contribution in [0.4, 0.5) is 8.78 Å². The van der Waals surface area contributed by atoms with E-state index in [-0.39, 0.29) is 12.2 Å². The van der Waals surface area contributed by atoms with Gasteiger partial charge in [0.15, 0.2) is 5.16 Å². The van der Waals surface area contributed by atoms with Crippen molar-refractivity contribution in [3.05, 3.63) is 21.8 Å². The molecule has 0 aliphatic heterocycles. The fourth-order valence-corrected chi connectivity index (χ4v) is 3.37. The highest BCUT2D eigenvalue weighted by molar-refractivity contribution is 7.99. The summed E-state index contributed by atoms with van der Waals surface area (Å²) in [7, 11) is 0. The van der Waals surface area contributed by atoms with Gasteiger partial charge >= 0.3 is 0 Å². The van der Waals surface area contributed by atoms with Crippen LogP contribution >= 0.6 is 23.1 Å². The summed E-state index contributed by atoms with van der Waals surface area (Å²) in [4.78, 5) is 16.6. The second-order valence-electron chi connectivity index (χ2n) is 3.89. The lowest BCUT2D eigenvalue weighted by Gasteiger charge is -2.09. The fourth-order valence-electron chi connectivity index (χ4n) is 1.68. The van der Waals surface area contributed by atoms with E-state index in [0.29, 0.717) is 27.7 Å². The van der Waals surface area contributed by atoms with E-state index in [9.17, 15) is 13.6 Å². The SMILES string of the molecule is CCn1c(SCCOCC(F)F)nc2ccsc2c1=O. The van der Waals surface area contributed by atoms with Gasteiger partial charge in [-0.15, -0.1) is 11.3 Å². The molecule has 20 heavy (non-hydrogen) atoms. The van der Waals surface area contributed by atoms with E-state index in [2.05, 4.69) is 4.98 Å². The third kappa shape index (κ3) is 3.56. The van der Waals surface area contributed by atoms with Gasteiger partial charge in [0.1, 0.15) is 11.3 Å². The lowest BCUT2D eigenvalue weighted by Crippen LogP contribution is -2.21. The lowest BCUT2D eigenvalue weighted by atomic mass is 10.5. The molecule has 0 bridgehead atoms. The Balaban J connectivity index is 2.07. The van der Waals surface area contributed by atoms with Gasteiger partial charge in [0.2, 0.25) is 0 Å². The van der Waals surface area contributed by atoms with E-state index < -0.39 is 13.0 Å². The number of alkyl halides is 2. The van der Waals surface area contributed by atoms with Gasteiger partial charge in [-0.3, -0.25) is 9.36 Å². The predicted octanol–water partition coefficient (Wildman–Crippen LogP) is 2.85. The highest BCUT2D eigenvalue weighted by Gasteiger charge is 2.11. The van der Waals surface area contributed by atoms with Crippen LogP contribution in [0.1, 0.15) is 6.92 Å². The molecule has 4 nitrogen and oxygen atoms in total. The molecule has 0 amide bonds. The standard InChI is InChI=1S/C12H14F2N2O2S2/c1-2-16-11(17)10-8(3-5-19-10)15-12(16)20-6-4-18-7-9(13)14/h3,5,9H,2,4,6-7H2,1H3. The second kappa shape index (κ2) is 7.14. The Labute approximate surface area is 122 Å². The molecule has 8 heteroatoms. The summed E-state index contributed by atoms with van der Waals surface area (Å²) >= 11 is 2.72. The molecule has 0 saturated carbocycles. The minimum Gasteiger partial charge on any atom is -0.375 e. The molecule has 0 aliphatic rings. The maximum atomic E-state index is 12.2. The average Bonchev–Trinajstić information content (AvgIpc) is 2.87. The number of nitrogens with zero attached hydrogens (tertiary/aromatic N) is 2. The molecule has 110 valence electrons. The number of aromatic nitrogens is 2. The summed E-state index contributed by atoms with van der Waals surface area (Å²) in [6.45, 7) is 2.05. The molecule has 0 aliphatic carbocycles. The van der Waals surface area contributed by atoms with Crippen molar-refractivity contribution in [3.8, 4) is 0 Å². The van der Waals surface area contributed by atoms with Crippen molar-refractivity contribution in [2.45, 2.75) is 25.1 Å². The Bertz CT molecular complexity index is 627. The van der Waals surface area contributed by atoms with Gasteiger partial charge in [0.05, 0.1) is 12.1 Å². The first-order valence-electron chi connectivity index (χ1n) is 6.10. The zero-order valence-corrected chi connectivity index (χ0v) is 12.5. The van der Waals surface area contributed by atoms with Gasteiger partial charge in [-0.25, -0.2) is 13.8 Å². The largest absolute Gasteiger partial charge is 0.375 e. The van der Waals surface area contributed by atoms with E-state index in [1.807, 2.05) is 12.3 Å². The molecule has 0 N–H and O–H groups in total. The molecule has 0 saturated heterocycles. The Morgan fingerprint density at radius 3 is 3.05 bits per heavy atom. The van der Waals surface area contributed by atoms with Gasteiger partial charge in [-0.2, -0.15) is 0 Å². The summed E-state index contributed by atoms with van der Waals surface area (Å²) in [6.07, 6.45) is -2.45. The molecule has 2 aromatic heterocycles. The summed E-state index contributed by atoms with van der Waals surface area (Å²) in [6, 6.07) is 1.80. The number of thiophene rings is 1. The lowest BCUT2D eigenvalue weighted by molar-refractivity contribution is 0.0237. The Morgan fingerprint density at radius 1 is 1.55 bits per heavy atom. The minimum absolute atomic E-state index is 0.0523. The monoisotopic (exact) mass is 320 g/mol. The number of rotatable bonds is 7. The molecule has 0 unspecified atom stereocenters. The summed E-state index contributed by atoms with van der Waals surface area (Å²) in [5.74, 6) is 0.481. The average molecular weight is 320 g/mol. The molecule has 0 atom stereocenters. The van der Waals surface area contributed by atoms with Gasteiger partial charge in [-0.05, 0) is 18.4 Å². The summed E-state index contributed by atoms with van der Waals surface area (Å²) < 4.78 is 30.9. The van der Waals surface area contributed by atoms with E-state index in [0.717, 1.165) is 0 Å². The normalized spacial score (nSPS) is 11.6. The van der Waals surface area contributed by atoms with Gasteiger partial charge < -0.3 is 4.74 Å². The van der Waals surface area contributed by atoms with Crippen molar-refractivity contribution in [2.24, 2.45) is 0 Å². The van der Waals surface area contributed by atoms with Crippen molar-refractivity contribution in [3.63, 3.8) is 0 Å². The number of fused-ring (bicyclic) bond motifs is 1. The molecule has 0 aromatic carbocycles. The first kappa shape index (κ1) is 15.4. The summed E-state index contributed by atoms with van der Waals surface area (Å²) in [5, 5.41) is 2.43. The maximum absolute atomic E-state index is 12.2. The number of hydrogen-bond donors (Lipinski definition) is 0. The van der Waals surface area contributed by atoms with E-state index in [1.54, 1.807) is 10.6 Å². The first-order chi connectivity index (χ1) is 9.63. The number of hydrogen-bond acceptors (Lipinski definition) is 5. The fraction of sp³-hybridized carbons (Fsp3) is 0.500. The quantitative estimate of drug-likeness (QED) is 0.447. The van der Waals surface area contributed by atoms with Gasteiger partial charge in [0, 0.05) is 12.3 Å². The molecule has 0 spiro atoms. The summed E-state index contributed by atoms with van der Waals surface area (Å²) in [5.41, 5.74) is 0.629. The first-order valence-corrected chi connectivity index (χ1v) is 7.96. The van der Waals surface area contributed by atoms with Crippen LogP contribution in [0, 0.1) is 0 Å². The minimum atomic E-state index is -2.45. The highest BCUT2D eigenvalue weighted by atomic mass is 32.2. The molecule has 0 fully saturated rings. The van der Waals surface area contributed by atoms with Crippen LogP contribution in [0.15, 0.2) is 21.4 Å². The van der Waals surface area contributed by atoms with Crippen molar-refractivity contribution in [2.75, 3.05) is 19.0 Å². The highest BCUT2D eigenvalue weighted by Crippen LogP contribution is 2.20.